The van der Waals surface area contributed by atoms with Crippen LogP contribution in [0.25, 0.3) is 0 Å². The van der Waals surface area contributed by atoms with E-state index in [-0.39, 0.29) is 0 Å². The van der Waals surface area contributed by atoms with Crippen LogP contribution in [0.3, 0.4) is 0 Å². The molecule has 1 saturated carbocycles. The smallest absolute Gasteiger partial charge is 0.160 e. The Morgan fingerprint density at radius 3 is 2.60 bits per heavy atom. The second-order valence-corrected chi connectivity index (χ2v) is 4.11. The largest absolute Gasteiger partial charge is 0.385 e. The third-order valence-corrected chi connectivity index (χ3v) is 2.79. The highest BCUT2D eigenvalue weighted by molar-refractivity contribution is 5.43. The fourth-order valence-electron chi connectivity index (χ4n) is 1.82. The molecule has 1 aromatic carbocycles. The summed E-state index contributed by atoms with van der Waals surface area (Å²) in [7, 11) is 0. The normalized spacial score (nSPS) is 24.7. The summed E-state index contributed by atoms with van der Waals surface area (Å²) in [6.07, 6.45) is 2.02. The first-order valence-electron chi connectivity index (χ1n) is 5.09. The molecule has 0 atom stereocenters. The van der Waals surface area contributed by atoms with E-state index in [1.165, 1.54) is 12.1 Å². The molecule has 1 fully saturated rings. The first-order chi connectivity index (χ1) is 7.15. The van der Waals surface area contributed by atoms with Crippen LogP contribution in [-0.4, -0.2) is 12.6 Å². The average Bonchev–Trinajstić information content (AvgIpc) is 2.16. The number of benzene rings is 1. The average molecular weight is 212 g/mol. The third kappa shape index (κ3) is 2.45. The Kier molecular flexibility index (Phi) is 2.86. The van der Waals surface area contributed by atoms with E-state index in [0.717, 1.165) is 25.5 Å². The Labute approximate surface area is 87.5 Å². The second kappa shape index (κ2) is 4.14. The van der Waals surface area contributed by atoms with E-state index < -0.39 is 11.6 Å². The van der Waals surface area contributed by atoms with E-state index in [1.54, 1.807) is 0 Å². The number of anilines is 1. The molecule has 2 rings (SSSR count). The van der Waals surface area contributed by atoms with Crippen LogP contribution in [0.4, 0.5) is 14.5 Å². The molecule has 0 radical (unpaired) electrons. The van der Waals surface area contributed by atoms with Gasteiger partial charge in [-0.1, -0.05) is 0 Å². The SMILES string of the molecule is NC1CC(CNc2ccc(F)c(F)c2)C1. The van der Waals surface area contributed by atoms with Gasteiger partial charge in [0.05, 0.1) is 0 Å². The Bertz CT molecular complexity index is 348. The maximum absolute atomic E-state index is 12.8. The van der Waals surface area contributed by atoms with Crippen molar-refractivity contribution in [2.75, 3.05) is 11.9 Å². The summed E-state index contributed by atoms with van der Waals surface area (Å²) >= 11 is 0. The molecule has 4 heteroatoms. The third-order valence-electron chi connectivity index (χ3n) is 2.79. The van der Waals surface area contributed by atoms with Gasteiger partial charge in [0, 0.05) is 18.3 Å². The zero-order valence-electron chi connectivity index (χ0n) is 8.34. The van der Waals surface area contributed by atoms with Gasteiger partial charge >= 0.3 is 0 Å². The topological polar surface area (TPSA) is 38.0 Å². The molecule has 0 aromatic heterocycles. The van der Waals surface area contributed by atoms with E-state index in [4.69, 9.17) is 5.73 Å². The molecule has 1 aromatic rings. The Morgan fingerprint density at radius 1 is 1.27 bits per heavy atom. The van der Waals surface area contributed by atoms with Crippen molar-refractivity contribution < 1.29 is 8.78 Å². The predicted octanol–water partition coefficient (Wildman–Crippen LogP) is 2.11. The van der Waals surface area contributed by atoms with Crippen molar-refractivity contribution in [2.24, 2.45) is 11.7 Å². The standard InChI is InChI=1S/C11H14F2N2/c12-10-2-1-9(5-11(10)13)15-6-7-3-8(14)4-7/h1-2,5,7-8,15H,3-4,6,14H2. The van der Waals surface area contributed by atoms with Gasteiger partial charge in [0.25, 0.3) is 0 Å². The zero-order valence-corrected chi connectivity index (χ0v) is 8.34. The van der Waals surface area contributed by atoms with Gasteiger partial charge in [-0.2, -0.15) is 0 Å². The lowest BCUT2D eigenvalue weighted by Gasteiger charge is -2.32. The molecule has 0 spiro atoms. The maximum atomic E-state index is 12.8. The van der Waals surface area contributed by atoms with Gasteiger partial charge in [0.15, 0.2) is 11.6 Å². The lowest BCUT2D eigenvalue weighted by Crippen LogP contribution is -2.39. The highest BCUT2D eigenvalue weighted by Crippen LogP contribution is 2.25. The van der Waals surface area contributed by atoms with Crippen molar-refractivity contribution in [2.45, 2.75) is 18.9 Å². The molecular weight excluding hydrogens is 198 g/mol. The summed E-state index contributed by atoms with van der Waals surface area (Å²) in [6.45, 7) is 0.777. The highest BCUT2D eigenvalue weighted by Gasteiger charge is 2.25. The molecular formula is C11H14F2N2. The van der Waals surface area contributed by atoms with Gasteiger partial charge in [0.1, 0.15) is 0 Å². The number of rotatable bonds is 3. The van der Waals surface area contributed by atoms with E-state index >= 15 is 0 Å². The molecule has 1 aliphatic carbocycles. The molecule has 0 bridgehead atoms. The number of nitrogens with one attached hydrogen (secondary N) is 1. The van der Waals surface area contributed by atoms with Crippen LogP contribution >= 0.6 is 0 Å². The summed E-state index contributed by atoms with van der Waals surface area (Å²) in [5.74, 6) is -1.07. The van der Waals surface area contributed by atoms with Crippen LogP contribution in [0.2, 0.25) is 0 Å². The van der Waals surface area contributed by atoms with Crippen molar-refractivity contribution in [3.63, 3.8) is 0 Å². The van der Waals surface area contributed by atoms with Gasteiger partial charge in [0.2, 0.25) is 0 Å². The molecule has 15 heavy (non-hydrogen) atoms. The minimum Gasteiger partial charge on any atom is -0.385 e. The Morgan fingerprint density at radius 2 is 2.00 bits per heavy atom. The summed E-state index contributed by atoms with van der Waals surface area (Å²) in [4.78, 5) is 0. The number of halogens is 2. The maximum Gasteiger partial charge on any atom is 0.160 e. The van der Waals surface area contributed by atoms with Crippen molar-refractivity contribution in [3.8, 4) is 0 Å². The molecule has 82 valence electrons. The molecule has 0 saturated heterocycles. The van der Waals surface area contributed by atoms with E-state index in [0.29, 0.717) is 17.6 Å². The van der Waals surface area contributed by atoms with Crippen molar-refractivity contribution in [3.05, 3.63) is 29.8 Å². The van der Waals surface area contributed by atoms with Gasteiger partial charge in [-0.25, -0.2) is 8.78 Å². The molecule has 0 aliphatic heterocycles. The highest BCUT2D eigenvalue weighted by atomic mass is 19.2. The van der Waals surface area contributed by atoms with Crippen LogP contribution in [0.1, 0.15) is 12.8 Å². The summed E-state index contributed by atoms with van der Waals surface area (Å²) in [5.41, 5.74) is 6.26. The predicted molar refractivity (Wildman–Crippen MR) is 55.5 cm³/mol. The van der Waals surface area contributed by atoms with Crippen molar-refractivity contribution in [1.82, 2.24) is 0 Å². The van der Waals surface area contributed by atoms with Crippen LogP contribution in [-0.2, 0) is 0 Å². The molecule has 0 unspecified atom stereocenters. The van der Waals surface area contributed by atoms with Crippen LogP contribution in [0.5, 0.6) is 0 Å². The minimum atomic E-state index is -0.815. The van der Waals surface area contributed by atoms with Gasteiger partial charge < -0.3 is 11.1 Å². The lowest BCUT2D eigenvalue weighted by atomic mass is 9.81. The van der Waals surface area contributed by atoms with Crippen LogP contribution in [0.15, 0.2) is 18.2 Å². The zero-order chi connectivity index (χ0) is 10.8. The summed E-state index contributed by atoms with van der Waals surface area (Å²) in [5, 5.41) is 3.07. The fourth-order valence-corrected chi connectivity index (χ4v) is 1.82. The van der Waals surface area contributed by atoms with Crippen molar-refractivity contribution >= 4 is 5.69 Å². The Balaban J connectivity index is 1.86. The first kappa shape index (κ1) is 10.4. The quantitative estimate of drug-likeness (QED) is 0.805. The molecule has 0 heterocycles. The number of nitrogens with two attached hydrogens (primary N) is 1. The molecule has 0 amide bonds. The summed E-state index contributed by atoms with van der Waals surface area (Å²) < 4.78 is 25.4. The minimum absolute atomic E-state index is 0.321. The van der Waals surface area contributed by atoms with Gasteiger partial charge in [-0.05, 0) is 37.0 Å². The van der Waals surface area contributed by atoms with Crippen LogP contribution in [0, 0.1) is 17.6 Å². The van der Waals surface area contributed by atoms with Crippen molar-refractivity contribution in [1.29, 1.82) is 0 Å². The fraction of sp³-hybridized carbons (Fsp3) is 0.455. The Hall–Kier alpha value is -1.16. The lowest BCUT2D eigenvalue weighted by molar-refractivity contribution is 0.280. The van der Waals surface area contributed by atoms with E-state index in [1.807, 2.05) is 0 Å². The number of hydrogen-bond acceptors (Lipinski definition) is 2. The summed E-state index contributed by atoms with van der Waals surface area (Å²) in [6, 6.07) is 4.16. The number of hydrogen-bond donors (Lipinski definition) is 2. The van der Waals surface area contributed by atoms with E-state index in [2.05, 4.69) is 5.32 Å². The van der Waals surface area contributed by atoms with E-state index in [9.17, 15) is 8.78 Å². The van der Waals surface area contributed by atoms with Gasteiger partial charge in [-0.15, -0.1) is 0 Å². The monoisotopic (exact) mass is 212 g/mol. The molecule has 2 nitrogen and oxygen atoms in total. The molecule has 3 N–H and O–H groups in total. The molecule has 1 aliphatic rings. The first-order valence-corrected chi connectivity index (χ1v) is 5.09. The second-order valence-electron chi connectivity index (χ2n) is 4.11. The van der Waals surface area contributed by atoms with Crippen LogP contribution < -0.4 is 11.1 Å². The van der Waals surface area contributed by atoms with Gasteiger partial charge in [-0.3, -0.25) is 0 Å².